The van der Waals surface area contributed by atoms with Gasteiger partial charge in [-0.15, -0.1) is 0 Å². The van der Waals surface area contributed by atoms with Gasteiger partial charge >= 0.3 is 5.69 Å². The van der Waals surface area contributed by atoms with E-state index >= 15 is 0 Å². The molecule has 0 fully saturated rings. The van der Waals surface area contributed by atoms with Gasteiger partial charge < -0.3 is 14.8 Å². The van der Waals surface area contributed by atoms with Gasteiger partial charge in [0, 0.05) is 12.6 Å². The minimum atomic E-state index is -0.956. The number of ether oxygens (including phenoxy) is 2. The average Bonchev–Trinajstić information content (AvgIpc) is 2.90. The van der Waals surface area contributed by atoms with Crippen molar-refractivity contribution in [1.29, 1.82) is 0 Å². The van der Waals surface area contributed by atoms with Gasteiger partial charge in [-0.3, -0.25) is 14.2 Å². The van der Waals surface area contributed by atoms with Crippen LogP contribution in [0.2, 0.25) is 0 Å². The largest absolute Gasteiger partial charge is 0.493 e. The van der Waals surface area contributed by atoms with E-state index in [1.807, 2.05) is 0 Å². The molecule has 0 bridgehead atoms. The highest BCUT2D eigenvalue weighted by molar-refractivity contribution is 5.91. The Kier molecular flexibility index (Phi) is 7.42. The van der Waals surface area contributed by atoms with Crippen LogP contribution in [-0.2, 0) is 13.1 Å². The maximum atomic E-state index is 13.8. The Labute approximate surface area is 209 Å². The molecule has 1 aromatic heterocycles. The lowest BCUT2D eigenvalue weighted by Gasteiger charge is -2.14. The summed E-state index contributed by atoms with van der Waals surface area (Å²) in [6.45, 7) is -0.316. The Morgan fingerprint density at radius 3 is 2.30 bits per heavy atom. The topological polar surface area (TPSA) is 104 Å². The molecule has 190 valence electrons. The van der Waals surface area contributed by atoms with Crippen molar-refractivity contribution in [2.75, 3.05) is 14.2 Å². The SMILES string of the molecule is COc1ccc(-n2nc(C(=O)NCc3ccc(F)cc3)c(=O)n(Cc3cccc(F)c3)c2=O)cc1OC. The third kappa shape index (κ3) is 5.56. The number of rotatable bonds is 8. The van der Waals surface area contributed by atoms with Gasteiger partial charge in [-0.1, -0.05) is 24.3 Å². The van der Waals surface area contributed by atoms with Crippen molar-refractivity contribution in [3.8, 4) is 17.2 Å². The lowest BCUT2D eigenvalue weighted by Crippen LogP contribution is -2.46. The Bertz CT molecular complexity index is 1560. The number of carbonyl (C=O) groups is 1. The van der Waals surface area contributed by atoms with Crippen LogP contribution in [0.15, 0.2) is 76.3 Å². The molecular formula is C26H22F2N4O5. The maximum Gasteiger partial charge on any atom is 0.352 e. The minimum absolute atomic E-state index is 0.0143. The van der Waals surface area contributed by atoms with Crippen LogP contribution < -0.4 is 26.0 Å². The van der Waals surface area contributed by atoms with Crippen LogP contribution in [-0.4, -0.2) is 34.5 Å². The van der Waals surface area contributed by atoms with Crippen molar-refractivity contribution in [2.45, 2.75) is 13.1 Å². The molecule has 0 radical (unpaired) electrons. The molecule has 4 rings (SSSR count). The molecule has 11 heteroatoms. The zero-order chi connectivity index (χ0) is 26.5. The summed E-state index contributed by atoms with van der Waals surface area (Å²) < 4.78 is 39.1. The van der Waals surface area contributed by atoms with Gasteiger partial charge in [0.15, 0.2) is 11.5 Å². The van der Waals surface area contributed by atoms with E-state index in [9.17, 15) is 23.2 Å². The van der Waals surface area contributed by atoms with E-state index in [1.54, 1.807) is 12.1 Å². The monoisotopic (exact) mass is 508 g/mol. The highest BCUT2D eigenvalue weighted by Crippen LogP contribution is 2.28. The van der Waals surface area contributed by atoms with E-state index in [0.717, 1.165) is 9.25 Å². The van der Waals surface area contributed by atoms with Crippen LogP contribution >= 0.6 is 0 Å². The number of benzene rings is 3. The van der Waals surface area contributed by atoms with E-state index < -0.39 is 34.5 Å². The molecule has 0 spiro atoms. The van der Waals surface area contributed by atoms with Crippen LogP contribution in [0.1, 0.15) is 21.6 Å². The fraction of sp³-hybridized carbons (Fsp3) is 0.154. The van der Waals surface area contributed by atoms with Crippen LogP contribution in [0, 0.1) is 11.6 Å². The number of aromatic nitrogens is 3. The first-order valence-corrected chi connectivity index (χ1v) is 11.0. The smallest absolute Gasteiger partial charge is 0.352 e. The second-order valence-corrected chi connectivity index (χ2v) is 7.91. The summed E-state index contributed by atoms with van der Waals surface area (Å²) in [5.74, 6) is -1.14. The predicted molar refractivity (Wildman–Crippen MR) is 130 cm³/mol. The first-order valence-electron chi connectivity index (χ1n) is 11.0. The number of methoxy groups -OCH3 is 2. The molecule has 1 N–H and O–H groups in total. The molecule has 1 amide bonds. The van der Waals surface area contributed by atoms with Gasteiger partial charge in [-0.25, -0.2) is 13.6 Å². The van der Waals surface area contributed by atoms with Gasteiger partial charge in [-0.2, -0.15) is 9.78 Å². The number of hydrogen-bond acceptors (Lipinski definition) is 6. The molecular weight excluding hydrogens is 486 g/mol. The minimum Gasteiger partial charge on any atom is -0.493 e. The Morgan fingerprint density at radius 2 is 1.62 bits per heavy atom. The number of nitrogens with zero attached hydrogens (tertiary/aromatic N) is 3. The fourth-order valence-electron chi connectivity index (χ4n) is 3.61. The average molecular weight is 508 g/mol. The summed E-state index contributed by atoms with van der Waals surface area (Å²) in [5.41, 5.74) is -1.25. The van der Waals surface area contributed by atoms with E-state index in [2.05, 4.69) is 10.4 Å². The Hall–Kier alpha value is -4.80. The molecule has 0 saturated carbocycles. The molecule has 0 aliphatic rings. The summed E-state index contributed by atoms with van der Waals surface area (Å²) in [4.78, 5) is 39.6. The van der Waals surface area contributed by atoms with Crippen molar-refractivity contribution in [1.82, 2.24) is 19.7 Å². The van der Waals surface area contributed by atoms with Gasteiger partial charge in [0.1, 0.15) is 11.6 Å². The number of carbonyl (C=O) groups excluding carboxylic acids is 1. The van der Waals surface area contributed by atoms with E-state index in [-0.39, 0.29) is 18.8 Å². The molecule has 37 heavy (non-hydrogen) atoms. The molecule has 9 nitrogen and oxygen atoms in total. The summed E-state index contributed by atoms with van der Waals surface area (Å²) >= 11 is 0. The first-order chi connectivity index (χ1) is 17.8. The number of nitrogens with one attached hydrogen (secondary N) is 1. The van der Waals surface area contributed by atoms with Gasteiger partial charge in [0.05, 0.1) is 26.5 Å². The zero-order valence-corrected chi connectivity index (χ0v) is 19.9. The molecule has 0 aliphatic carbocycles. The third-order valence-electron chi connectivity index (χ3n) is 5.48. The molecule has 0 saturated heterocycles. The van der Waals surface area contributed by atoms with Crippen LogP contribution in [0.3, 0.4) is 0 Å². The second kappa shape index (κ2) is 10.9. The van der Waals surface area contributed by atoms with Gasteiger partial charge in [0.25, 0.3) is 11.5 Å². The normalized spacial score (nSPS) is 10.7. The second-order valence-electron chi connectivity index (χ2n) is 7.91. The molecule has 3 aromatic carbocycles. The van der Waals surface area contributed by atoms with Crippen molar-refractivity contribution >= 4 is 5.91 Å². The van der Waals surface area contributed by atoms with Gasteiger partial charge in [-0.05, 0) is 47.5 Å². The summed E-state index contributed by atoms with van der Waals surface area (Å²) in [5, 5.41) is 6.60. The van der Waals surface area contributed by atoms with Crippen molar-refractivity contribution in [3.05, 3.63) is 116 Å². The Morgan fingerprint density at radius 1 is 0.892 bits per heavy atom. The quantitative estimate of drug-likeness (QED) is 0.393. The zero-order valence-electron chi connectivity index (χ0n) is 19.9. The standard InChI is InChI=1S/C26H22F2N4O5/c1-36-21-11-10-20(13-22(21)37-2)32-26(35)31(15-17-4-3-5-19(28)12-17)25(34)23(30-32)24(33)29-14-16-6-8-18(27)9-7-16/h3-13H,14-15H2,1-2H3,(H,29,33). The van der Waals surface area contributed by atoms with E-state index in [1.165, 1.54) is 68.8 Å². The van der Waals surface area contributed by atoms with Crippen molar-refractivity contribution < 1.29 is 23.0 Å². The summed E-state index contributed by atoms with van der Waals surface area (Å²) in [7, 11) is 2.86. The lowest BCUT2D eigenvalue weighted by atomic mass is 10.2. The molecule has 0 unspecified atom stereocenters. The predicted octanol–water partition coefficient (Wildman–Crippen LogP) is 2.67. The van der Waals surface area contributed by atoms with Crippen LogP contribution in [0.5, 0.6) is 11.5 Å². The number of hydrogen-bond donors (Lipinski definition) is 1. The molecule has 0 atom stereocenters. The summed E-state index contributed by atoms with van der Waals surface area (Å²) in [6.07, 6.45) is 0. The van der Waals surface area contributed by atoms with E-state index in [0.29, 0.717) is 22.6 Å². The maximum absolute atomic E-state index is 13.8. The highest BCUT2D eigenvalue weighted by Gasteiger charge is 2.21. The lowest BCUT2D eigenvalue weighted by molar-refractivity contribution is 0.0941. The Balaban J connectivity index is 1.80. The number of halogens is 2. The first kappa shape index (κ1) is 25.3. The molecule has 1 heterocycles. The van der Waals surface area contributed by atoms with Crippen LogP contribution in [0.4, 0.5) is 8.78 Å². The van der Waals surface area contributed by atoms with E-state index in [4.69, 9.17) is 9.47 Å². The highest BCUT2D eigenvalue weighted by atomic mass is 19.1. The van der Waals surface area contributed by atoms with Crippen LogP contribution in [0.25, 0.3) is 5.69 Å². The summed E-state index contributed by atoms with van der Waals surface area (Å²) in [6, 6.07) is 15.4. The molecule has 4 aromatic rings. The number of amides is 1. The molecule has 0 aliphatic heterocycles. The van der Waals surface area contributed by atoms with Crippen molar-refractivity contribution in [2.24, 2.45) is 0 Å². The van der Waals surface area contributed by atoms with Gasteiger partial charge in [0.2, 0.25) is 5.69 Å². The van der Waals surface area contributed by atoms with Crippen molar-refractivity contribution in [3.63, 3.8) is 0 Å². The third-order valence-corrected chi connectivity index (χ3v) is 5.48. The fourth-order valence-corrected chi connectivity index (χ4v) is 3.61.